The highest BCUT2D eigenvalue weighted by Gasteiger charge is 2.24. The molecular weight excluding hydrogens is 436 g/mol. The van der Waals surface area contributed by atoms with Gasteiger partial charge in [-0.3, -0.25) is 14.7 Å². The second-order valence-electron chi connectivity index (χ2n) is 9.18. The number of benzene rings is 3. The molecule has 5 rings (SSSR count). The summed E-state index contributed by atoms with van der Waals surface area (Å²) in [5.74, 6) is 0.521. The molecule has 0 radical (unpaired) electrons. The standard InChI is InChI=1S/C29H30N4O2/c1-20-18-24-25(19-21(20)2)28(34)31(3)27(26(24)22-10-6-4-7-11-22)30-29(35)33-16-14-32(15-17-33)23-12-8-5-9-13-23/h4-13,18-19H,14-17H2,1-3H3,(H,30,35). The Kier molecular flexibility index (Phi) is 6.03. The number of urea groups is 1. The predicted octanol–water partition coefficient (Wildman–Crippen LogP) is 5.18. The number of anilines is 2. The van der Waals surface area contributed by atoms with Gasteiger partial charge >= 0.3 is 6.03 Å². The minimum atomic E-state index is -0.187. The SMILES string of the molecule is Cc1cc2c(-c3ccccc3)c(NC(=O)N3CCN(c4ccccc4)CC3)n(C)c(=O)c2cc1C. The molecule has 1 aromatic heterocycles. The van der Waals surface area contributed by atoms with E-state index in [1.54, 1.807) is 11.6 Å². The van der Waals surface area contributed by atoms with E-state index in [0.29, 0.717) is 24.3 Å². The summed E-state index contributed by atoms with van der Waals surface area (Å²) in [6, 6.07) is 24.0. The molecule has 2 amide bonds. The first-order chi connectivity index (χ1) is 16.9. The first-order valence-electron chi connectivity index (χ1n) is 12.0. The van der Waals surface area contributed by atoms with Crippen molar-refractivity contribution in [2.24, 2.45) is 7.05 Å². The Morgan fingerprint density at radius 1 is 0.800 bits per heavy atom. The smallest absolute Gasteiger partial charge is 0.323 e. The summed E-state index contributed by atoms with van der Waals surface area (Å²) in [5, 5.41) is 4.61. The number of nitrogens with one attached hydrogen (secondary N) is 1. The molecule has 6 nitrogen and oxygen atoms in total. The van der Waals surface area contributed by atoms with Crippen LogP contribution in [-0.4, -0.2) is 41.7 Å². The third-order valence-corrected chi connectivity index (χ3v) is 6.99. The number of fused-ring (bicyclic) bond motifs is 1. The highest BCUT2D eigenvalue weighted by molar-refractivity contribution is 6.05. The molecule has 1 N–H and O–H groups in total. The maximum Gasteiger partial charge on any atom is 0.323 e. The molecule has 35 heavy (non-hydrogen) atoms. The molecule has 178 valence electrons. The van der Waals surface area contributed by atoms with Gasteiger partial charge in [0, 0.05) is 49.9 Å². The summed E-state index contributed by atoms with van der Waals surface area (Å²) in [4.78, 5) is 30.9. The van der Waals surface area contributed by atoms with Crippen molar-refractivity contribution in [2.75, 3.05) is 36.4 Å². The van der Waals surface area contributed by atoms with Gasteiger partial charge in [-0.25, -0.2) is 4.79 Å². The third kappa shape index (κ3) is 4.28. The Morgan fingerprint density at radius 3 is 2.00 bits per heavy atom. The minimum absolute atomic E-state index is 0.119. The van der Waals surface area contributed by atoms with Crippen LogP contribution in [0.25, 0.3) is 21.9 Å². The van der Waals surface area contributed by atoms with E-state index >= 15 is 0 Å². The lowest BCUT2D eigenvalue weighted by atomic mass is 9.95. The molecule has 2 heterocycles. The number of pyridine rings is 1. The first-order valence-corrected chi connectivity index (χ1v) is 12.0. The largest absolute Gasteiger partial charge is 0.368 e. The second-order valence-corrected chi connectivity index (χ2v) is 9.18. The van der Waals surface area contributed by atoms with E-state index in [1.807, 2.05) is 73.3 Å². The van der Waals surface area contributed by atoms with E-state index in [4.69, 9.17) is 0 Å². The molecule has 4 aromatic rings. The summed E-state index contributed by atoms with van der Waals surface area (Å²) < 4.78 is 1.57. The van der Waals surface area contributed by atoms with Gasteiger partial charge in [-0.15, -0.1) is 0 Å². The van der Waals surface area contributed by atoms with Gasteiger partial charge in [-0.1, -0.05) is 54.6 Å². The summed E-state index contributed by atoms with van der Waals surface area (Å²) in [6.07, 6.45) is 0. The number of rotatable bonds is 3. The number of piperazine rings is 1. The van der Waals surface area contributed by atoms with E-state index in [1.165, 1.54) is 5.69 Å². The Balaban J connectivity index is 1.51. The molecule has 1 saturated heterocycles. The first kappa shape index (κ1) is 22.7. The zero-order valence-electron chi connectivity index (χ0n) is 20.4. The Labute approximate surface area is 205 Å². The molecule has 1 aliphatic heterocycles. The van der Waals surface area contributed by atoms with Gasteiger partial charge in [0.1, 0.15) is 5.82 Å². The van der Waals surface area contributed by atoms with E-state index in [2.05, 4.69) is 28.4 Å². The van der Waals surface area contributed by atoms with Crippen LogP contribution in [0, 0.1) is 13.8 Å². The molecule has 0 aliphatic carbocycles. The zero-order valence-corrected chi connectivity index (χ0v) is 20.4. The average molecular weight is 467 g/mol. The fourth-order valence-corrected chi connectivity index (χ4v) is 4.81. The summed E-state index contributed by atoms with van der Waals surface area (Å²) in [6.45, 7) is 6.81. The van der Waals surface area contributed by atoms with Gasteiger partial charge in [0.2, 0.25) is 0 Å². The van der Waals surface area contributed by atoms with Crippen LogP contribution in [0.5, 0.6) is 0 Å². The van der Waals surface area contributed by atoms with Crippen molar-refractivity contribution in [3.63, 3.8) is 0 Å². The van der Waals surface area contributed by atoms with E-state index in [0.717, 1.165) is 40.7 Å². The quantitative estimate of drug-likeness (QED) is 0.453. The zero-order chi connectivity index (χ0) is 24.5. The number of amides is 2. The van der Waals surface area contributed by atoms with Gasteiger partial charge in [0.05, 0.1) is 0 Å². The molecule has 0 unspecified atom stereocenters. The Hall–Kier alpha value is -4.06. The van der Waals surface area contributed by atoms with E-state index in [9.17, 15) is 9.59 Å². The van der Waals surface area contributed by atoms with Crippen LogP contribution in [0.1, 0.15) is 11.1 Å². The molecule has 1 fully saturated rings. The number of nitrogens with zero attached hydrogens (tertiary/aromatic N) is 3. The third-order valence-electron chi connectivity index (χ3n) is 6.99. The van der Waals surface area contributed by atoms with E-state index in [-0.39, 0.29) is 11.6 Å². The van der Waals surface area contributed by atoms with Crippen molar-refractivity contribution in [2.45, 2.75) is 13.8 Å². The summed E-state index contributed by atoms with van der Waals surface area (Å²) in [5.41, 5.74) is 5.05. The molecule has 3 aromatic carbocycles. The lowest BCUT2D eigenvalue weighted by Gasteiger charge is -2.36. The fraction of sp³-hybridized carbons (Fsp3) is 0.241. The minimum Gasteiger partial charge on any atom is -0.368 e. The monoisotopic (exact) mass is 466 g/mol. The van der Waals surface area contributed by atoms with Crippen LogP contribution in [0.4, 0.5) is 16.3 Å². The summed E-state index contributed by atoms with van der Waals surface area (Å²) >= 11 is 0. The number of hydrogen-bond acceptors (Lipinski definition) is 3. The van der Waals surface area contributed by atoms with Gasteiger partial charge in [0.25, 0.3) is 5.56 Å². The number of carbonyl (C=O) groups is 1. The van der Waals surface area contributed by atoms with Crippen LogP contribution >= 0.6 is 0 Å². The normalized spacial score (nSPS) is 13.8. The van der Waals surface area contributed by atoms with Gasteiger partial charge < -0.3 is 9.80 Å². The molecular formula is C29H30N4O2. The number of para-hydroxylation sites is 1. The molecule has 0 atom stereocenters. The molecule has 1 aliphatic rings. The van der Waals surface area contributed by atoms with Crippen molar-refractivity contribution >= 4 is 28.3 Å². The molecule has 6 heteroatoms. The number of aryl methyl sites for hydroxylation is 2. The van der Waals surface area contributed by atoms with Crippen LogP contribution in [0.2, 0.25) is 0 Å². The van der Waals surface area contributed by atoms with Crippen LogP contribution in [0.15, 0.2) is 77.6 Å². The van der Waals surface area contributed by atoms with Gasteiger partial charge in [0.15, 0.2) is 0 Å². The van der Waals surface area contributed by atoms with Crippen molar-refractivity contribution < 1.29 is 4.79 Å². The second kappa shape index (κ2) is 9.29. The average Bonchev–Trinajstić information content (AvgIpc) is 2.89. The number of carbonyl (C=O) groups excluding carboxylic acids is 1. The van der Waals surface area contributed by atoms with Crippen molar-refractivity contribution in [3.8, 4) is 11.1 Å². The van der Waals surface area contributed by atoms with E-state index < -0.39 is 0 Å². The van der Waals surface area contributed by atoms with Gasteiger partial charge in [-0.2, -0.15) is 0 Å². The van der Waals surface area contributed by atoms with Crippen molar-refractivity contribution in [1.82, 2.24) is 9.47 Å². The number of hydrogen-bond donors (Lipinski definition) is 1. The highest BCUT2D eigenvalue weighted by Crippen LogP contribution is 2.35. The van der Waals surface area contributed by atoms with Crippen LogP contribution < -0.4 is 15.8 Å². The Morgan fingerprint density at radius 2 is 1.37 bits per heavy atom. The van der Waals surface area contributed by atoms with Crippen molar-refractivity contribution in [1.29, 1.82) is 0 Å². The lowest BCUT2D eigenvalue weighted by Crippen LogP contribution is -2.50. The maximum absolute atomic E-state index is 13.4. The molecule has 0 saturated carbocycles. The molecule has 0 bridgehead atoms. The van der Waals surface area contributed by atoms with Crippen LogP contribution in [0.3, 0.4) is 0 Å². The molecule has 0 spiro atoms. The van der Waals surface area contributed by atoms with Crippen molar-refractivity contribution in [3.05, 3.63) is 94.3 Å². The predicted molar refractivity (Wildman–Crippen MR) is 143 cm³/mol. The Bertz CT molecular complexity index is 1440. The topological polar surface area (TPSA) is 57.6 Å². The lowest BCUT2D eigenvalue weighted by molar-refractivity contribution is 0.208. The van der Waals surface area contributed by atoms with Crippen LogP contribution in [-0.2, 0) is 7.05 Å². The van der Waals surface area contributed by atoms with Gasteiger partial charge in [-0.05, 0) is 54.1 Å². The highest BCUT2D eigenvalue weighted by atomic mass is 16.2. The summed E-state index contributed by atoms with van der Waals surface area (Å²) in [7, 11) is 1.73. The maximum atomic E-state index is 13.4. The fourth-order valence-electron chi connectivity index (χ4n) is 4.81. The number of aromatic nitrogens is 1.